The first-order chi connectivity index (χ1) is 20.7. The Morgan fingerprint density at radius 3 is 2.50 bits per heavy atom. The van der Waals surface area contributed by atoms with E-state index in [1.54, 1.807) is 49.2 Å². The highest BCUT2D eigenvalue weighted by Crippen LogP contribution is 2.49. The van der Waals surface area contributed by atoms with Gasteiger partial charge in [-0.15, -0.1) is 6.58 Å². The van der Waals surface area contributed by atoms with Crippen LogP contribution in [0.1, 0.15) is 49.0 Å². The van der Waals surface area contributed by atoms with Crippen LogP contribution in [0.5, 0.6) is 0 Å². The summed E-state index contributed by atoms with van der Waals surface area (Å²) in [6.45, 7) is 9.30. The number of hydrogen-bond donors (Lipinski definition) is 1. The van der Waals surface area contributed by atoms with E-state index in [0.717, 1.165) is 6.92 Å². The zero-order valence-electron chi connectivity index (χ0n) is 25.5. The first-order valence-corrected chi connectivity index (χ1v) is 16.1. The normalized spacial score (nSPS) is 20.7. The Hall–Kier alpha value is -3.58. The smallest absolute Gasteiger partial charge is 0.258 e. The van der Waals surface area contributed by atoms with Crippen LogP contribution in [0.3, 0.4) is 0 Å². The van der Waals surface area contributed by atoms with E-state index in [0.29, 0.717) is 79.1 Å². The minimum absolute atomic E-state index is 0.0652. The number of fused-ring (bicyclic) bond motifs is 1. The number of carbonyl (C=O) groups is 2. The molecule has 0 radical (unpaired) electrons. The summed E-state index contributed by atoms with van der Waals surface area (Å²) in [7, 11) is -2.40. The maximum absolute atomic E-state index is 14.0. The monoisotopic (exact) mass is 631 g/mol. The molecule has 13 heteroatoms. The van der Waals surface area contributed by atoms with E-state index >= 15 is 0 Å². The Kier molecular flexibility index (Phi) is 8.49. The van der Waals surface area contributed by atoms with Gasteiger partial charge in [0.1, 0.15) is 11.7 Å². The van der Waals surface area contributed by atoms with Gasteiger partial charge in [0.2, 0.25) is 10.0 Å². The van der Waals surface area contributed by atoms with E-state index in [1.807, 2.05) is 4.90 Å². The van der Waals surface area contributed by atoms with Crippen LogP contribution in [0.2, 0.25) is 0 Å². The maximum atomic E-state index is 14.0. The van der Waals surface area contributed by atoms with Gasteiger partial charge in [-0.05, 0) is 56.9 Å². The van der Waals surface area contributed by atoms with Crippen LogP contribution in [0.25, 0.3) is 10.9 Å². The highest BCUT2D eigenvalue weighted by atomic mass is 32.2. The minimum Gasteiger partial charge on any atom is -0.500 e. The highest BCUT2D eigenvalue weighted by molar-refractivity contribution is 7.91. The zero-order chi connectivity index (χ0) is 32.0. The number of aliphatic imine (C=N–C) groups is 1. The van der Waals surface area contributed by atoms with Crippen molar-refractivity contribution < 1.29 is 31.5 Å². The van der Waals surface area contributed by atoms with E-state index in [9.17, 15) is 26.8 Å². The summed E-state index contributed by atoms with van der Waals surface area (Å²) in [5, 5.41) is 3.33. The molecule has 1 saturated heterocycles. The molecular formula is C31H39F2N5O5S. The molecule has 0 spiro atoms. The second-order valence-electron chi connectivity index (χ2n) is 12.1. The average Bonchev–Trinajstić information content (AvgIpc) is 3.67. The lowest BCUT2D eigenvalue weighted by atomic mass is 10.0. The Labute approximate surface area is 256 Å². The Bertz CT molecular complexity index is 1660. The molecule has 3 aliphatic rings. The molecule has 0 bridgehead atoms. The molecule has 1 aromatic carbocycles. The summed E-state index contributed by atoms with van der Waals surface area (Å²) >= 11 is 0. The molecule has 1 saturated carbocycles. The number of halogens is 2. The van der Waals surface area contributed by atoms with Gasteiger partial charge in [0, 0.05) is 62.6 Å². The minimum atomic E-state index is -3.85. The summed E-state index contributed by atoms with van der Waals surface area (Å²) in [4.78, 5) is 34.1. The lowest BCUT2D eigenvalue weighted by molar-refractivity contribution is -0.121. The number of carbonyl (C=O) groups excluding carboxylic acids is 2. The van der Waals surface area contributed by atoms with Crippen LogP contribution >= 0.6 is 0 Å². The molecule has 1 aliphatic carbocycles. The van der Waals surface area contributed by atoms with Crippen molar-refractivity contribution in [2.24, 2.45) is 10.9 Å². The standard InChI is InChI=1S/C31H39F2N5O5S/c1-6-7-31(8-9-31)44(41,42)38-18-20(2)27-23(28(39)34-17-24-26(43-5)14-21(3)35-29(24)40)15-22(16-25(27)38)37-12-10-36(11-13-37)19-30(4,32)33/h6,14-16,18,24H,1,7-13,17,19H2,2-5H3,(H,34,39). The van der Waals surface area contributed by atoms with E-state index < -0.39 is 38.4 Å². The first kappa shape index (κ1) is 31.8. The number of nitrogens with zero attached hydrogens (tertiary/aromatic N) is 4. The van der Waals surface area contributed by atoms with E-state index in [-0.39, 0.29) is 18.7 Å². The molecular weight excluding hydrogens is 592 g/mol. The molecule has 2 aliphatic heterocycles. The van der Waals surface area contributed by atoms with Gasteiger partial charge in [-0.25, -0.2) is 26.2 Å². The van der Waals surface area contributed by atoms with Crippen LogP contribution < -0.4 is 10.2 Å². The van der Waals surface area contributed by atoms with Gasteiger partial charge in [-0.1, -0.05) is 6.08 Å². The van der Waals surface area contributed by atoms with Gasteiger partial charge in [0.15, 0.2) is 0 Å². The Morgan fingerprint density at radius 2 is 1.91 bits per heavy atom. The number of nitrogens with one attached hydrogen (secondary N) is 1. The Balaban J connectivity index is 1.53. The predicted octanol–water partition coefficient (Wildman–Crippen LogP) is 3.89. The van der Waals surface area contributed by atoms with Crippen LogP contribution in [0.4, 0.5) is 14.5 Å². The van der Waals surface area contributed by atoms with Gasteiger partial charge in [-0.3, -0.25) is 14.5 Å². The quantitative estimate of drug-likeness (QED) is 0.375. The lowest BCUT2D eigenvalue weighted by Gasteiger charge is -2.37. The molecule has 1 unspecified atom stereocenters. The number of aryl methyl sites for hydroxylation is 1. The second-order valence-corrected chi connectivity index (χ2v) is 14.3. The number of piperazine rings is 1. The molecule has 2 aromatic rings. The van der Waals surface area contributed by atoms with Crippen molar-refractivity contribution in [3.05, 3.63) is 53.9 Å². The average molecular weight is 632 g/mol. The van der Waals surface area contributed by atoms with E-state index in [1.165, 1.54) is 11.1 Å². The fraction of sp³-hybridized carbons (Fsp3) is 0.516. The third kappa shape index (κ3) is 6.03. The fourth-order valence-electron chi connectivity index (χ4n) is 6.20. The molecule has 238 valence electrons. The molecule has 10 nitrogen and oxygen atoms in total. The maximum Gasteiger partial charge on any atom is 0.258 e. The van der Waals surface area contributed by atoms with Crippen LogP contribution in [-0.4, -0.2) is 91.9 Å². The number of rotatable bonds is 11. The molecule has 1 N–H and O–H groups in total. The van der Waals surface area contributed by atoms with Crippen molar-refractivity contribution in [1.82, 2.24) is 14.2 Å². The van der Waals surface area contributed by atoms with Gasteiger partial charge < -0.3 is 15.0 Å². The topological polar surface area (TPSA) is 113 Å². The van der Waals surface area contributed by atoms with Crippen LogP contribution in [-0.2, 0) is 19.6 Å². The SMILES string of the molecule is C=CCC1(S(=O)(=O)n2cc(C)c3c(C(=O)NCC4C(=O)N=C(C)C=C4OC)cc(N4CCN(CC(C)(F)F)CC4)cc32)CC1. The third-order valence-corrected chi connectivity index (χ3v) is 11.1. The molecule has 2 amide bonds. The second kappa shape index (κ2) is 11.7. The highest BCUT2D eigenvalue weighted by Gasteiger charge is 2.54. The number of anilines is 1. The molecule has 1 aromatic heterocycles. The Morgan fingerprint density at radius 1 is 1.23 bits per heavy atom. The summed E-state index contributed by atoms with van der Waals surface area (Å²) < 4.78 is 61.0. The first-order valence-electron chi connectivity index (χ1n) is 14.7. The number of ether oxygens (including phenoxy) is 1. The van der Waals surface area contributed by atoms with E-state index in [4.69, 9.17) is 4.74 Å². The molecule has 5 rings (SSSR count). The number of dihydropyridines is 1. The van der Waals surface area contributed by atoms with Crippen LogP contribution in [0, 0.1) is 12.8 Å². The van der Waals surface area contributed by atoms with Crippen molar-refractivity contribution in [3.8, 4) is 0 Å². The predicted molar refractivity (Wildman–Crippen MR) is 166 cm³/mol. The number of aromatic nitrogens is 1. The van der Waals surface area contributed by atoms with Crippen molar-refractivity contribution in [1.29, 1.82) is 0 Å². The van der Waals surface area contributed by atoms with Crippen molar-refractivity contribution in [2.75, 3.05) is 51.3 Å². The third-order valence-electron chi connectivity index (χ3n) is 8.64. The van der Waals surface area contributed by atoms with Gasteiger partial charge in [-0.2, -0.15) is 0 Å². The summed E-state index contributed by atoms with van der Waals surface area (Å²) in [6.07, 6.45) is 6.18. The van der Waals surface area contributed by atoms with Crippen molar-refractivity contribution in [3.63, 3.8) is 0 Å². The van der Waals surface area contributed by atoms with Gasteiger partial charge in [0.25, 0.3) is 17.7 Å². The summed E-state index contributed by atoms with van der Waals surface area (Å²) in [5.74, 6) is -4.13. The van der Waals surface area contributed by atoms with Crippen molar-refractivity contribution in [2.45, 2.75) is 50.7 Å². The summed E-state index contributed by atoms with van der Waals surface area (Å²) in [5.41, 5.74) is 2.35. The molecule has 1 atom stereocenters. The number of methoxy groups -OCH3 is 1. The zero-order valence-corrected chi connectivity index (χ0v) is 26.3. The number of benzene rings is 1. The van der Waals surface area contributed by atoms with E-state index in [2.05, 4.69) is 16.9 Å². The van der Waals surface area contributed by atoms with Gasteiger partial charge in [0.05, 0.1) is 29.5 Å². The number of allylic oxidation sites excluding steroid dienone is 2. The number of alkyl halides is 2. The van der Waals surface area contributed by atoms with Crippen molar-refractivity contribution >= 4 is 44.1 Å². The van der Waals surface area contributed by atoms with Crippen LogP contribution in [0.15, 0.2) is 47.8 Å². The molecule has 2 fully saturated rings. The summed E-state index contributed by atoms with van der Waals surface area (Å²) in [6, 6.07) is 3.47. The van der Waals surface area contributed by atoms with Gasteiger partial charge >= 0.3 is 0 Å². The molecule has 3 heterocycles. The lowest BCUT2D eigenvalue weighted by Crippen LogP contribution is -2.49. The molecule has 44 heavy (non-hydrogen) atoms. The fourth-order valence-corrected chi connectivity index (χ4v) is 8.26. The largest absolute Gasteiger partial charge is 0.500 e. The number of amides is 2. The number of hydrogen-bond acceptors (Lipinski definition) is 7.